The van der Waals surface area contributed by atoms with Crippen LogP contribution in [0.3, 0.4) is 0 Å². The van der Waals surface area contributed by atoms with Crippen molar-refractivity contribution in [2.75, 3.05) is 11.9 Å². The number of hydrogen-bond acceptors (Lipinski definition) is 2. The molecule has 2 aliphatic rings. The van der Waals surface area contributed by atoms with Crippen LogP contribution in [-0.2, 0) is 0 Å². The standard InChI is InChI=1S/C16H23N3O/c1-12-3-5-13(6-4-12)18-15(20)19-14-7-10-17-16(11-14)8-2-9-16/h3-6,14,17H,2,7-11H2,1H3,(H2,18,19,20). The molecular formula is C16H23N3O. The van der Waals surface area contributed by atoms with Gasteiger partial charge in [-0.05, 0) is 57.7 Å². The van der Waals surface area contributed by atoms with Crippen molar-refractivity contribution in [2.45, 2.75) is 50.6 Å². The number of urea groups is 1. The van der Waals surface area contributed by atoms with Crippen LogP contribution in [0.2, 0.25) is 0 Å². The Morgan fingerprint density at radius 3 is 2.70 bits per heavy atom. The minimum absolute atomic E-state index is 0.0878. The van der Waals surface area contributed by atoms with Gasteiger partial charge in [0.05, 0.1) is 0 Å². The topological polar surface area (TPSA) is 53.2 Å². The van der Waals surface area contributed by atoms with Crippen LogP contribution in [0.4, 0.5) is 10.5 Å². The number of nitrogens with one attached hydrogen (secondary N) is 3. The summed E-state index contributed by atoms with van der Waals surface area (Å²) in [6.45, 7) is 3.05. The number of carbonyl (C=O) groups excluding carboxylic acids is 1. The van der Waals surface area contributed by atoms with Gasteiger partial charge in [-0.15, -0.1) is 0 Å². The third-order valence-corrected chi connectivity index (χ3v) is 4.59. The normalized spacial score (nSPS) is 23.9. The van der Waals surface area contributed by atoms with Crippen molar-refractivity contribution >= 4 is 11.7 Å². The summed E-state index contributed by atoms with van der Waals surface area (Å²) in [7, 11) is 0. The van der Waals surface area contributed by atoms with Crippen LogP contribution in [-0.4, -0.2) is 24.2 Å². The van der Waals surface area contributed by atoms with Crippen LogP contribution in [0.15, 0.2) is 24.3 Å². The molecule has 0 bridgehead atoms. The maximum absolute atomic E-state index is 12.0. The molecule has 20 heavy (non-hydrogen) atoms. The van der Waals surface area contributed by atoms with Crippen LogP contribution in [0.5, 0.6) is 0 Å². The van der Waals surface area contributed by atoms with Crippen LogP contribution in [0, 0.1) is 6.92 Å². The summed E-state index contributed by atoms with van der Waals surface area (Å²) in [6.07, 6.45) is 5.90. The lowest BCUT2D eigenvalue weighted by molar-refractivity contribution is 0.122. The fraction of sp³-hybridized carbons (Fsp3) is 0.562. The summed E-state index contributed by atoms with van der Waals surface area (Å²) in [5.41, 5.74) is 2.36. The van der Waals surface area contributed by atoms with Gasteiger partial charge in [-0.3, -0.25) is 0 Å². The summed E-state index contributed by atoms with van der Waals surface area (Å²) in [4.78, 5) is 12.0. The molecule has 2 amide bonds. The number of amides is 2. The molecule has 4 nitrogen and oxygen atoms in total. The van der Waals surface area contributed by atoms with Crippen molar-refractivity contribution < 1.29 is 4.79 Å². The lowest BCUT2D eigenvalue weighted by Gasteiger charge is -2.48. The second-order valence-corrected chi connectivity index (χ2v) is 6.21. The van der Waals surface area contributed by atoms with Gasteiger partial charge in [0.1, 0.15) is 0 Å². The van der Waals surface area contributed by atoms with Gasteiger partial charge >= 0.3 is 6.03 Å². The lowest BCUT2D eigenvalue weighted by atomic mass is 9.70. The van der Waals surface area contributed by atoms with E-state index in [2.05, 4.69) is 16.0 Å². The second kappa shape index (κ2) is 5.44. The summed E-state index contributed by atoms with van der Waals surface area (Å²) in [6, 6.07) is 8.08. The van der Waals surface area contributed by atoms with Crippen LogP contribution < -0.4 is 16.0 Å². The average Bonchev–Trinajstić information content (AvgIpc) is 2.40. The molecule has 3 rings (SSSR count). The first-order valence-electron chi connectivity index (χ1n) is 7.54. The van der Waals surface area contributed by atoms with E-state index in [4.69, 9.17) is 0 Å². The Labute approximate surface area is 120 Å². The summed E-state index contributed by atoms with van der Waals surface area (Å²) in [5, 5.41) is 9.64. The molecule has 4 heteroatoms. The van der Waals surface area contributed by atoms with E-state index >= 15 is 0 Å². The summed E-state index contributed by atoms with van der Waals surface area (Å²) in [5.74, 6) is 0. The van der Waals surface area contributed by atoms with Crippen molar-refractivity contribution in [3.63, 3.8) is 0 Å². The summed E-state index contributed by atoms with van der Waals surface area (Å²) >= 11 is 0. The number of rotatable bonds is 2. The number of carbonyl (C=O) groups is 1. The quantitative estimate of drug-likeness (QED) is 0.776. The molecule has 1 spiro atoms. The highest BCUT2D eigenvalue weighted by atomic mass is 16.2. The van der Waals surface area contributed by atoms with Gasteiger partial charge < -0.3 is 16.0 Å². The van der Waals surface area contributed by atoms with Crippen molar-refractivity contribution in [2.24, 2.45) is 0 Å². The molecule has 1 aliphatic heterocycles. The van der Waals surface area contributed by atoms with Crippen LogP contribution in [0.1, 0.15) is 37.7 Å². The van der Waals surface area contributed by atoms with Crippen LogP contribution in [0.25, 0.3) is 0 Å². The Kier molecular flexibility index (Phi) is 3.66. The van der Waals surface area contributed by atoms with Crippen molar-refractivity contribution in [1.29, 1.82) is 0 Å². The van der Waals surface area contributed by atoms with E-state index in [1.165, 1.54) is 24.8 Å². The van der Waals surface area contributed by atoms with Gasteiger partial charge in [-0.1, -0.05) is 17.7 Å². The van der Waals surface area contributed by atoms with Gasteiger partial charge in [0.25, 0.3) is 0 Å². The van der Waals surface area contributed by atoms with Crippen molar-refractivity contribution in [3.05, 3.63) is 29.8 Å². The molecule has 1 aliphatic carbocycles. The van der Waals surface area contributed by atoms with Crippen molar-refractivity contribution in [1.82, 2.24) is 10.6 Å². The predicted molar refractivity (Wildman–Crippen MR) is 80.9 cm³/mol. The molecule has 1 aromatic rings. The van der Waals surface area contributed by atoms with Gasteiger partial charge in [0, 0.05) is 17.3 Å². The second-order valence-electron chi connectivity index (χ2n) is 6.21. The molecule has 108 valence electrons. The summed E-state index contributed by atoms with van der Waals surface area (Å²) < 4.78 is 0. The van der Waals surface area contributed by atoms with E-state index in [1.807, 2.05) is 31.2 Å². The van der Waals surface area contributed by atoms with Gasteiger partial charge in [-0.25, -0.2) is 4.79 Å². The van der Waals surface area contributed by atoms with E-state index in [9.17, 15) is 4.79 Å². The molecule has 2 fully saturated rings. The van der Waals surface area contributed by atoms with E-state index in [1.54, 1.807) is 0 Å². The van der Waals surface area contributed by atoms with E-state index < -0.39 is 0 Å². The van der Waals surface area contributed by atoms with E-state index in [0.29, 0.717) is 11.6 Å². The first-order valence-corrected chi connectivity index (χ1v) is 7.54. The molecule has 1 unspecified atom stereocenters. The third-order valence-electron chi connectivity index (χ3n) is 4.59. The fourth-order valence-corrected chi connectivity index (χ4v) is 3.25. The monoisotopic (exact) mass is 273 g/mol. The lowest BCUT2D eigenvalue weighted by Crippen LogP contribution is -2.60. The maximum Gasteiger partial charge on any atom is 0.319 e. The largest absolute Gasteiger partial charge is 0.335 e. The Bertz CT molecular complexity index is 479. The van der Waals surface area contributed by atoms with E-state index in [-0.39, 0.29) is 6.03 Å². The molecule has 0 radical (unpaired) electrons. The Hall–Kier alpha value is -1.55. The zero-order valence-corrected chi connectivity index (χ0v) is 12.0. The number of aryl methyl sites for hydroxylation is 1. The molecule has 0 aromatic heterocycles. The molecule has 1 saturated carbocycles. The highest BCUT2D eigenvalue weighted by molar-refractivity contribution is 5.89. The smallest absolute Gasteiger partial charge is 0.319 e. The highest BCUT2D eigenvalue weighted by Gasteiger charge is 2.41. The number of hydrogen-bond donors (Lipinski definition) is 3. The average molecular weight is 273 g/mol. The SMILES string of the molecule is Cc1ccc(NC(=O)NC2CCNC3(CCC3)C2)cc1. The number of piperidine rings is 1. The molecule has 1 atom stereocenters. The molecule has 1 aromatic carbocycles. The zero-order valence-electron chi connectivity index (χ0n) is 12.0. The highest BCUT2D eigenvalue weighted by Crippen LogP contribution is 2.38. The third kappa shape index (κ3) is 2.96. The molecule has 1 saturated heterocycles. The van der Waals surface area contributed by atoms with Gasteiger partial charge in [-0.2, -0.15) is 0 Å². The number of anilines is 1. The van der Waals surface area contributed by atoms with Crippen LogP contribution >= 0.6 is 0 Å². The minimum atomic E-state index is -0.0878. The number of benzene rings is 1. The van der Waals surface area contributed by atoms with Gasteiger partial charge in [0.15, 0.2) is 0 Å². The van der Waals surface area contributed by atoms with Crippen molar-refractivity contribution in [3.8, 4) is 0 Å². The Morgan fingerprint density at radius 2 is 2.05 bits per heavy atom. The molecule has 3 N–H and O–H groups in total. The minimum Gasteiger partial charge on any atom is -0.335 e. The Balaban J connectivity index is 1.52. The zero-order chi connectivity index (χ0) is 14.0. The predicted octanol–water partition coefficient (Wildman–Crippen LogP) is 2.79. The Morgan fingerprint density at radius 1 is 1.30 bits per heavy atom. The first-order chi connectivity index (χ1) is 9.65. The maximum atomic E-state index is 12.0. The van der Waals surface area contributed by atoms with Gasteiger partial charge in [0.2, 0.25) is 0 Å². The molecular weight excluding hydrogens is 250 g/mol. The fourth-order valence-electron chi connectivity index (χ4n) is 3.25. The first kappa shape index (κ1) is 13.4. The molecule has 1 heterocycles. The van der Waals surface area contributed by atoms with E-state index in [0.717, 1.165) is 25.1 Å².